The summed E-state index contributed by atoms with van der Waals surface area (Å²) < 4.78 is 0. The summed E-state index contributed by atoms with van der Waals surface area (Å²) >= 11 is 1.58. The van der Waals surface area contributed by atoms with E-state index < -0.39 is 35.4 Å². The number of hydrogen-bond acceptors (Lipinski definition) is 7. The number of benzene rings is 1. The number of nitrogens with one attached hydrogen (secondary N) is 2. The molecule has 1 aromatic carbocycles. The normalized spacial score (nSPS) is 19.8. The molecule has 0 aliphatic carbocycles. The Labute approximate surface area is 210 Å². The van der Waals surface area contributed by atoms with Crippen molar-refractivity contribution in [3.05, 3.63) is 41.0 Å². The van der Waals surface area contributed by atoms with E-state index in [-0.39, 0.29) is 31.5 Å². The van der Waals surface area contributed by atoms with Gasteiger partial charge in [0.05, 0.1) is 34.8 Å². The Morgan fingerprint density at radius 2 is 1.89 bits per heavy atom. The standard InChI is InChI=1S/C25H35N5O4S/c1-14(16-6-8-17(9-7-16)21-15(2)27-13-35-21)28-23(33)19-10-18(31)12-30(19)24(34)22(25(3,4)5)29-20(32)11-26/h6-9,13-14,18-19,22,31H,10-12,26H2,1-5H3,(H,28,33)(H,29,32)/t14-,18+,19-,22?/m0/s1. The van der Waals surface area contributed by atoms with Crippen molar-refractivity contribution in [2.45, 2.75) is 65.3 Å². The van der Waals surface area contributed by atoms with Gasteiger partial charge in [-0.25, -0.2) is 4.98 Å². The average molecular weight is 502 g/mol. The number of likely N-dealkylation sites (tertiary alicyclic amines) is 1. The first kappa shape index (κ1) is 26.8. The number of rotatable bonds is 7. The molecule has 0 bridgehead atoms. The fourth-order valence-electron chi connectivity index (χ4n) is 4.24. The van der Waals surface area contributed by atoms with Crippen LogP contribution in [-0.2, 0) is 14.4 Å². The number of aliphatic hydroxyl groups is 1. The van der Waals surface area contributed by atoms with Gasteiger partial charge >= 0.3 is 0 Å². The summed E-state index contributed by atoms with van der Waals surface area (Å²) in [6.07, 6.45) is -0.687. The van der Waals surface area contributed by atoms with E-state index in [2.05, 4.69) is 15.6 Å². The van der Waals surface area contributed by atoms with Crippen molar-refractivity contribution in [1.82, 2.24) is 20.5 Å². The van der Waals surface area contributed by atoms with Crippen molar-refractivity contribution in [3.8, 4) is 10.4 Å². The van der Waals surface area contributed by atoms with E-state index in [1.165, 1.54) is 4.90 Å². The molecule has 2 aromatic rings. The number of thiazole rings is 1. The lowest BCUT2D eigenvalue weighted by Gasteiger charge is -2.35. The van der Waals surface area contributed by atoms with Crippen molar-refractivity contribution >= 4 is 29.1 Å². The molecule has 4 atom stereocenters. The highest BCUT2D eigenvalue weighted by molar-refractivity contribution is 7.13. The Morgan fingerprint density at radius 3 is 2.43 bits per heavy atom. The van der Waals surface area contributed by atoms with Gasteiger partial charge in [0, 0.05) is 13.0 Å². The molecule has 0 radical (unpaired) electrons. The third kappa shape index (κ3) is 6.25. The van der Waals surface area contributed by atoms with Crippen LogP contribution in [0.4, 0.5) is 0 Å². The molecule has 1 unspecified atom stereocenters. The van der Waals surface area contributed by atoms with Gasteiger partial charge in [-0.05, 0) is 30.4 Å². The number of β-amino-alcohol motifs (C(OH)–C–C–N with tert-alkyl or cyclic N) is 1. The van der Waals surface area contributed by atoms with Gasteiger partial charge in [0.25, 0.3) is 0 Å². The molecular weight excluding hydrogens is 466 g/mol. The van der Waals surface area contributed by atoms with Crippen LogP contribution in [0.1, 0.15) is 51.4 Å². The number of aromatic nitrogens is 1. The molecule has 0 saturated carbocycles. The molecular formula is C25H35N5O4S. The highest BCUT2D eigenvalue weighted by Crippen LogP contribution is 2.29. The minimum absolute atomic E-state index is 0.0271. The van der Waals surface area contributed by atoms with Crippen LogP contribution in [0.5, 0.6) is 0 Å². The van der Waals surface area contributed by atoms with Gasteiger partial charge in [-0.2, -0.15) is 0 Å². The maximum Gasteiger partial charge on any atom is 0.246 e. The first-order chi connectivity index (χ1) is 16.4. The third-order valence-corrected chi connectivity index (χ3v) is 7.22. The summed E-state index contributed by atoms with van der Waals surface area (Å²) in [6.45, 7) is 9.11. The molecule has 35 heavy (non-hydrogen) atoms. The fraction of sp³-hybridized carbons (Fsp3) is 0.520. The number of nitrogens with two attached hydrogens (primary N) is 1. The largest absolute Gasteiger partial charge is 0.391 e. The topological polar surface area (TPSA) is 138 Å². The smallest absolute Gasteiger partial charge is 0.246 e. The Balaban J connectivity index is 1.73. The van der Waals surface area contributed by atoms with Crippen molar-refractivity contribution in [1.29, 1.82) is 0 Å². The quantitative estimate of drug-likeness (QED) is 0.456. The lowest BCUT2D eigenvalue weighted by atomic mass is 9.85. The molecule has 190 valence electrons. The second-order valence-electron chi connectivity index (χ2n) is 10.1. The predicted molar refractivity (Wildman–Crippen MR) is 135 cm³/mol. The molecule has 0 spiro atoms. The van der Waals surface area contributed by atoms with Crippen molar-refractivity contribution in [2.75, 3.05) is 13.1 Å². The van der Waals surface area contributed by atoms with Crippen LogP contribution in [0.3, 0.4) is 0 Å². The zero-order valence-corrected chi connectivity index (χ0v) is 21.7. The van der Waals surface area contributed by atoms with Gasteiger partial charge in [-0.15, -0.1) is 11.3 Å². The minimum atomic E-state index is -0.876. The van der Waals surface area contributed by atoms with Crippen LogP contribution in [0.2, 0.25) is 0 Å². The number of nitrogens with zero attached hydrogens (tertiary/aromatic N) is 2. The molecule has 1 fully saturated rings. The average Bonchev–Trinajstić information content (AvgIpc) is 3.41. The minimum Gasteiger partial charge on any atom is -0.391 e. The number of aryl methyl sites for hydroxylation is 1. The first-order valence-electron chi connectivity index (χ1n) is 11.7. The molecule has 5 N–H and O–H groups in total. The zero-order valence-electron chi connectivity index (χ0n) is 20.9. The fourth-order valence-corrected chi connectivity index (χ4v) is 5.05. The Morgan fingerprint density at radius 1 is 1.23 bits per heavy atom. The monoisotopic (exact) mass is 501 g/mol. The van der Waals surface area contributed by atoms with E-state index in [1.54, 1.807) is 11.3 Å². The summed E-state index contributed by atoms with van der Waals surface area (Å²) in [5.74, 6) is -1.21. The second kappa shape index (κ2) is 10.8. The molecule has 3 rings (SSSR count). The summed E-state index contributed by atoms with van der Waals surface area (Å²) in [5.41, 5.74) is 9.59. The number of aliphatic hydroxyl groups excluding tert-OH is 1. The first-order valence-corrected chi connectivity index (χ1v) is 12.6. The van der Waals surface area contributed by atoms with Crippen LogP contribution in [0.15, 0.2) is 29.8 Å². The second-order valence-corrected chi connectivity index (χ2v) is 10.9. The molecule has 2 heterocycles. The lowest BCUT2D eigenvalue weighted by Crippen LogP contribution is -2.58. The van der Waals surface area contributed by atoms with E-state index in [1.807, 2.05) is 64.4 Å². The highest BCUT2D eigenvalue weighted by Gasteiger charge is 2.44. The summed E-state index contributed by atoms with van der Waals surface area (Å²) in [6, 6.07) is 5.92. The van der Waals surface area contributed by atoms with Gasteiger partial charge in [-0.3, -0.25) is 14.4 Å². The highest BCUT2D eigenvalue weighted by atomic mass is 32.1. The van der Waals surface area contributed by atoms with E-state index in [0.29, 0.717) is 0 Å². The van der Waals surface area contributed by atoms with Gasteiger partial charge in [0.15, 0.2) is 0 Å². The SMILES string of the molecule is Cc1ncsc1-c1ccc([C@H](C)NC(=O)[C@@H]2C[C@@H](O)CN2C(=O)C(NC(=O)CN)C(C)(C)C)cc1. The molecule has 10 heteroatoms. The van der Waals surface area contributed by atoms with Crippen molar-refractivity contribution in [3.63, 3.8) is 0 Å². The van der Waals surface area contributed by atoms with Crippen molar-refractivity contribution in [2.24, 2.45) is 11.1 Å². The van der Waals surface area contributed by atoms with Gasteiger partial charge in [-0.1, -0.05) is 45.0 Å². The number of amides is 3. The Bertz CT molecular complexity index is 1060. The van der Waals surface area contributed by atoms with Gasteiger partial charge in [0.1, 0.15) is 12.1 Å². The maximum absolute atomic E-state index is 13.4. The summed E-state index contributed by atoms with van der Waals surface area (Å²) in [5, 5.41) is 15.9. The van der Waals surface area contributed by atoms with E-state index in [0.717, 1.165) is 21.7 Å². The van der Waals surface area contributed by atoms with Gasteiger partial charge < -0.3 is 26.4 Å². The zero-order chi connectivity index (χ0) is 25.9. The van der Waals surface area contributed by atoms with Gasteiger partial charge in [0.2, 0.25) is 17.7 Å². The van der Waals surface area contributed by atoms with Crippen LogP contribution in [-0.4, -0.2) is 64.0 Å². The maximum atomic E-state index is 13.4. The number of carbonyl (C=O) groups is 3. The molecule has 3 amide bonds. The molecule has 1 aliphatic heterocycles. The van der Waals surface area contributed by atoms with Crippen LogP contribution in [0, 0.1) is 12.3 Å². The Hall–Kier alpha value is -2.82. The van der Waals surface area contributed by atoms with Crippen LogP contribution < -0.4 is 16.4 Å². The van der Waals surface area contributed by atoms with E-state index in [4.69, 9.17) is 5.73 Å². The molecule has 1 aromatic heterocycles. The van der Waals surface area contributed by atoms with Crippen LogP contribution in [0.25, 0.3) is 10.4 Å². The number of carbonyl (C=O) groups excluding carboxylic acids is 3. The van der Waals surface area contributed by atoms with Crippen molar-refractivity contribution < 1.29 is 19.5 Å². The number of hydrogen-bond donors (Lipinski definition) is 4. The Kier molecular flexibility index (Phi) is 8.30. The summed E-state index contributed by atoms with van der Waals surface area (Å²) in [4.78, 5) is 45.3. The molecule has 1 aliphatic rings. The predicted octanol–water partition coefficient (Wildman–Crippen LogP) is 1.75. The summed E-state index contributed by atoms with van der Waals surface area (Å²) in [7, 11) is 0. The van der Waals surface area contributed by atoms with Crippen LogP contribution >= 0.6 is 11.3 Å². The lowest BCUT2D eigenvalue weighted by molar-refractivity contribution is -0.144. The van der Waals surface area contributed by atoms with E-state index >= 15 is 0 Å². The molecule has 9 nitrogen and oxygen atoms in total. The third-order valence-electron chi connectivity index (χ3n) is 6.25. The van der Waals surface area contributed by atoms with E-state index in [9.17, 15) is 19.5 Å². The molecule has 1 saturated heterocycles.